The summed E-state index contributed by atoms with van der Waals surface area (Å²) < 4.78 is 0. The van der Waals surface area contributed by atoms with E-state index < -0.39 is 17.4 Å². The van der Waals surface area contributed by atoms with Crippen LogP contribution >= 0.6 is 0 Å². The summed E-state index contributed by atoms with van der Waals surface area (Å²) in [4.78, 5) is 61.6. The number of hydrogen-bond donors (Lipinski definition) is 2. The summed E-state index contributed by atoms with van der Waals surface area (Å²) >= 11 is 0. The maximum atomic E-state index is 14.7. The summed E-state index contributed by atoms with van der Waals surface area (Å²) in [7, 11) is 0. The Kier molecular flexibility index (Phi) is 9.98. The molecule has 4 amide bonds. The van der Waals surface area contributed by atoms with E-state index in [1.807, 2.05) is 103 Å². The highest BCUT2D eigenvalue weighted by Crippen LogP contribution is 2.48. The number of hydrogen-bond acceptors (Lipinski definition) is 6. The Morgan fingerprint density at radius 2 is 1.31 bits per heavy atom. The van der Waals surface area contributed by atoms with E-state index in [0.717, 1.165) is 44.9 Å². The van der Waals surface area contributed by atoms with Crippen molar-refractivity contribution < 1.29 is 29.4 Å². The zero-order valence-corrected chi connectivity index (χ0v) is 33.0. The van der Waals surface area contributed by atoms with Crippen molar-refractivity contribution in [1.82, 2.24) is 4.90 Å². The molecule has 5 aromatic rings. The minimum absolute atomic E-state index is 0.0222. The highest BCUT2D eigenvalue weighted by molar-refractivity contribution is 6.09. The molecule has 0 spiro atoms. The number of aryl methyl sites for hydroxylation is 2. The zero-order chi connectivity index (χ0) is 40.8. The molecule has 2 N–H and O–H groups in total. The standard InChI is InChI=1S/C49H46N4O6/c1-32(9-8-16-45(55)50-30-37-13-3-2-12-36(37)27-40(50)31-54)49(59)41-28-39(53-43-15-7-5-11-35(43)20-26-47(53)57)23-24-44(41)51(48(49)58)29-33-17-21-38(22-18-33)52-42-14-6-4-10-34(42)19-25-46(52)56/h2-15,17-18,21-24,28,32,40,54,59H,16,19-20,25-27,29-31H2,1H3/b9-8+/t32-,40-,49+/m0/s1. The molecule has 9 rings (SSSR count). The summed E-state index contributed by atoms with van der Waals surface area (Å²) in [6.07, 6.45) is 6.09. The summed E-state index contributed by atoms with van der Waals surface area (Å²) in [6, 6.07) is 36.2. The van der Waals surface area contributed by atoms with Crippen LogP contribution < -0.4 is 14.7 Å². The Balaban J connectivity index is 1.02. The van der Waals surface area contributed by atoms with Gasteiger partial charge >= 0.3 is 0 Å². The van der Waals surface area contributed by atoms with Gasteiger partial charge in [-0.1, -0.05) is 91.9 Å². The molecule has 0 aliphatic carbocycles. The van der Waals surface area contributed by atoms with Crippen molar-refractivity contribution in [1.29, 1.82) is 0 Å². The van der Waals surface area contributed by atoms with E-state index in [0.29, 0.717) is 55.6 Å². The molecule has 0 fully saturated rings. The van der Waals surface area contributed by atoms with Crippen LogP contribution in [0.5, 0.6) is 0 Å². The van der Waals surface area contributed by atoms with Gasteiger partial charge in [0.05, 0.1) is 36.3 Å². The second-order valence-corrected chi connectivity index (χ2v) is 16.0. The second kappa shape index (κ2) is 15.4. The molecule has 298 valence electrons. The van der Waals surface area contributed by atoms with E-state index in [1.54, 1.807) is 50.8 Å². The molecule has 0 saturated carbocycles. The fourth-order valence-electron chi connectivity index (χ4n) is 9.26. The minimum Gasteiger partial charge on any atom is -0.394 e. The lowest BCUT2D eigenvalue weighted by Crippen LogP contribution is -2.46. The van der Waals surface area contributed by atoms with Crippen molar-refractivity contribution in [3.05, 3.63) is 161 Å². The predicted molar refractivity (Wildman–Crippen MR) is 226 cm³/mol. The van der Waals surface area contributed by atoms with Gasteiger partial charge in [-0.2, -0.15) is 0 Å². The number of nitrogens with zero attached hydrogens (tertiary/aromatic N) is 4. The molecular formula is C49H46N4O6. The van der Waals surface area contributed by atoms with Gasteiger partial charge in [0.1, 0.15) is 0 Å². The van der Waals surface area contributed by atoms with Crippen molar-refractivity contribution in [3.8, 4) is 0 Å². The van der Waals surface area contributed by atoms with Crippen LogP contribution in [0, 0.1) is 5.92 Å². The number of rotatable bonds is 9. The van der Waals surface area contributed by atoms with Crippen molar-refractivity contribution in [2.75, 3.05) is 21.3 Å². The molecule has 0 bridgehead atoms. The first-order chi connectivity index (χ1) is 28.6. The van der Waals surface area contributed by atoms with Gasteiger partial charge < -0.3 is 20.0 Å². The number of benzene rings is 5. The number of aliphatic hydroxyl groups is 2. The molecule has 4 heterocycles. The quantitative estimate of drug-likeness (QED) is 0.153. The van der Waals surface area contributed by atoms with Crippen molar-refractivity contribution in [2.24, 2.45) is 5.92 Å². The monoisotopic (exact) mass is 786 g/mol. The average molecular weight is 787 g/mol. The fraction of sp³-hybridized carbons (Fsp3) is 0.265. The summed E-state index contributed by atoms with van der Waals surface area (Å²) in [5.74, 6) is -1.49. The number of amides is 4. The molecule has 0 saturated heterocycles. The number of carbonyl (C=O) groups is 4. The predicted octanol–water partition coefficient (Wildman–Crippen LogP) is 7.17. The molecule has 10 heteroatoms. The molecule has 5 aromatic carbocycles. The summed E-state index contributed by atoms with van der Waals surface area (Å²) in [6.45, 7) is 2.16. The van der Waals surface area contributed by atoms with Gasteiger partial charge in [0.25, 0.3) is 5.91 Å². The van der Waals surface area contributed by atoms with E-state index in [4.69, 9.17) is 0 Å². The molecular weight excluding hydrogens is 741 g/mol. The number of carbonyl (C=O) groups excluding carboxylic acids is 4. The van der Waals surface area contributed by atoms with Crippen LogP contribution in [0.15, 0.2) is 127 Å². The molecule has 3 atom stereocenters. The lowest BCUT2D eigenvalue weighted by molar-refractivity contribution is -0.139. The van der Waals surface area contributed by atoms with Crippen LogP contribution in [0.2, 0.25) is 0 Å². The summed E-state index contributed by atoms with van der Waals surface area (Å²) in [5, 5.41) is 22.9. The van der Waals surface area contributed by atoms with Gasteiger partial charge in [0, 0.05) is 48.7 Å². The topological polar surface area (TPSA) is 122 Å². The Morgan fingerprint density at radius 3 is 1.95 bits per heavy atom. The molecule has 0 unspecified atom stereocenters. The number of para-hydroxylation sites is 2. The summed E-state index contributed by atoms with van der Waals surface area (Å²) in [5.41, 5.74) is 6.94. The Hall–Kier alpha value is -6.36. The van der Waals surface area contributed by atoms with E-state index >= 15 is 0 Å². The van der Waals surface area contributed by atoms with Crippen LogP contribution in [0.25, 0.3) is 0 Å². The van der Waals surface area contributed by atoms with E-state index in [2.05, 4.69) is 0 Å². The molecule has 4 aliphatic rings. The smallest absolute Gasteiger partial charge is 0.264 e. The first-order valence-corrected chi connectivity index (χ1v) is 20.4. The van der Waals surface area contributed by atoms with Crippen LogP contribution in [0.3, 0.4) is 0 Å². The van der Waals surface area contributed by atoms with Gasteiger partial charge in [0.2, 0.25) is 17.7 Å². The third-order valence-corrected chi connectivity index (χ3v) is 12.5. The average Bonchev–Trinajstić information content (AvgIpc) is 3.47. The number of fused-ring (bicyclic) bond motifs is 4. The van der Waals surface area contributed by atoms with Crippen molar-refractivity contribution >= 4 is 52.1 Å². The SMILES string of the molecule is C[C@@H](/C=C/CC(=O)N1Cc2ccccc2C[C@H]1CO)[C@]1(O)C(=O)N(Cc2ccc(N3C(=O)CCc4ccccc43)cc2)c2ccc(N3C(=O)CCc4ccccc43)cc21. The highest BCUT2D eigenvalue weighted by Gasteiger charge is 2.53. The zero-order valence-electron chi connectivity index (χ0n) is 33.0. The van der Waals surface area contributed by atoms with Gasteiger partial charge in [-0.05, 0) is 89.5 Å². The van der Waals surface area contributed by atoms with E-state index in [-0.39, 0.29) is 43.3 Å². The Morgan fingerprint density at radius 1 is 0.729 bits per heavy atom. The van der Waals surface area contributed by atoms with Crippen molar-refractivity contribution in [3.63, 3.8) is 0 Å². The highest BCUT2D eigenvalue weighted by atomic mass is 16.3. The van der Waals surface area contributed by atoms with Gasteiger partial charge in [-0.25, -0.2) is 0 Å². The number of anilines is 5. The molecule has 4 aliphatic heterocycles. The molecule has 10 nitrogen and oxygen atoms in total. The van der Waals surface area contributed by atoms with Crippen LogP contribution in [-0.4, -0.2) is 51.4 Å². The van der Waals surface area contributed by atoms with Crippen molar-refractivity contribution in [2.45, 2.75) is 70.2 Å². The maximum absolute atomic E-state index is 14.7. The van der Waals surface area contributed by atoms with Crippen LogP contribution in [0.1, 0.15) is 59.6 Å². The lowest BCUT2D eigenvalue weighted by atomic mass is 9.82. The Labute approximate surface area is 343 Å². The molecule has 0 aromatic heterocycles. The third kappa shape index (κ3) is 6.72. The van der Waals surface area contributed by atoms with E-state index in [9.17, 15) is 29.4 Å². The first kappa shape index (κ1) is 38.2. The fourth-order valence-corrected chi connectivity index (χ4v) is 9.26. The van der Waals surface area contributed by atoms with Crippen LogP contribution in [0.4, 0.5) is 28.4 Å². The second-order valence-electron chi connectivity index (χ2n) is 16.0. The molecule has 59 heavy (non-hydrogen) atoms. The maximum Gasteiger partial charge on any atom is 0.264 e. The Bertz CT molecular complexity index is 2510. The van der Waals surface area contributed by atoms with E-state index in [1.165, 1.54) is 0 Å². The van der Waals surface area contributed by atoms with Crippen LogP contribution in [-0.2, 0) is 57.1 Å². The minimum atomic E-state index is -2.02. The van der Waals surface area contributed by atoms with Gasteiger partial charge in [0.15, 0.2) is 5.60 Å². The largest absolute Gasteiger partial charge is 0.394 e. The molecule has 0 radical (unpaired) electrons. The van der Waals surface area contributed by atoms with Gasteiger partial charge in [-0.15, -0.1) is 0 Å². The normalized spacial score (nSPS) is 20.4. The number of aliphatic hydroxyl groups excluding tert-OH is 1. The van der Waals surface area contributed by atoms with Gasteiger partial charge in [-0.3, -0.25) is 29.0 Å². The third-order valence-electron chi connectivity index (χ3n) is 12.5. The lowest BCUT2D eigenvalue weighted by Gasteiger charge is -2.36. The first-order valence-electron chi connectivity index (χ1n) is 20.4.